The second kappa shape index (κ2) is 6.83. The van der Waals surface area contributed by atoms with Crippen molar-refractivity contribution in [2.24, 2.45) is 5.73 Å². The summed E-state index contributed by atoms with van der Waals surface area (Å²) in [5, 5.41) is 2.85. The van der Waals surface area contributed by atoms with Gasteiger partial charge in [0.2, 0.25) is 0 Å². The van der Waals surface area contributed by atoms with E-state index in [0.717, 1.165) is 29.9 Å². The molecule has 2 rings (SSSR count). The van der Waals surface area contributed by atoms with Crippen molar-refractivity contribution in [1.29, 1.82) is 0 Å². The molecule has 0 radical (unpaired) electrons. The zero-order chi connectivity index (χ0) is 15.2. The third-order valence-corrected chi connectivity index (χ3v) is 2.96. The smallest absolute Gasteiger partial charge is 0.160 e. The van der Waals surface area contributed by atoms with E-state index in [1.54, 1.807) is 6.20 Å². The zero-order valence-corrected chi connectivity index (χ0v) is 11.7. The molecular weight excluding hydrogens is 272 g/mol. The van der Waals surface area contributed by atoms with Gasteiger partial charge in [-0.3, -0.25) is 4.98 Å². The first kappa shape index (κ1) is 15.0. The molecule has 1 aromatic heterocycles. The van der Waals surface area contributed by atoms with Crippen LogP contribution < -0.4 is 11.1 Å². The molecule has 2 aromatic rings. The number of halogens is 2. The highest BCUT2D eigenvalue weighted by atomic mass is 19.2. The Labute approximate surface area is 122 Å². The number of anilines is 1. The highest BCUT2D eigenvalue weighted by molar-refractivity contribution is 5.46. The van der Waals surface area contributed by atoms with Crippen LogP contribution in [0.15, 0.2) is 48.3 Å². The molecule has 0 atom stereocenters. The lowest BCUT2D eigenvalue weighted by Gasteiger charge is -2.05. The first-order chi connectivity index (χ1) is 10.0. The first-order valence-electron chi connectivity index (χ1n) is 6.63. The topological polar surface area (TPSA) is 50.9 Å². The molecule has 5 heteroatoms. The zero-order valence-electron chi connectivity index (χ0n) is 11.7. The molecule has 0 spiro atoms. The van der Waals surface area contributed by atoms with Crippen LogP contribution in [0, 0.1) is 18.6 Å². The van der Waals surface area contributed by atoms with E-state index in [1.807, 2.05) is 25.1 Å². The average Bonchev–Trinajstić information content (AvgIpc) is 2.46. The molecule has 3 N–H and O–H groups in total. The molecule has 0 fully saturated rings. The van der Waals surface area contributed by atoms with Gasteiger partial charge in [-0.2, -0.15) is 0 Å². The molecule has 0 aliphatic rings. The number of allylic oxidation sites excluding steroid dienone is 1. The van der Waals surface area contributed by atoms with Crippen LogP contribution in [0.1, 0.15) is 17.8 Å². The Kier molecular flexibility index (Phi) is 4.87. The van der Waals surface area contributed by atoms with Crippen molar-refractivity contribution >= 4 is 5.69 Å². The van der Waals surface area contributed by atoms with Crippen molar-refractivity contribution in [3.63, 3.8) is 0 Å². The predicted octanol–water partition coefficient (Wildman–Crippen LogP) is 3.51. The van der Waals surface area contributed by atoms with Gasteiger partial charge in [-0.05, 0) is 44.0 Å². The maximum Gasteiger partial charge on any atom is 0.160 e. The van der Waals surface area contributed by atoms with Gasteiger partial charge < -0.3 is 11.1 Å². The third-order valence-electron chi connectivity index (χ3n) is 2.96. The van der Waals surface area contributed by atoms with Crippen molar-refractivity contribution in [1.82, 2.24) is 4.98 Å². The molecular formula is C16H17F2N3. The number of rotatable bonds is 5. The predicted molar refractivity (Wildman–Crippen MR) is 79.5 cm³/mol. The molecule has 110 valence electrons. The van der Waals surface area contributed by atoms with Gasteiger partial charge in [0.1, 0.15) is 0 Å². The SMILES string of the molecule is Cc1cccc(CC/C(N)=C/Nc2ccc(F)c(F)c2)n1. The lowest BCUT2D eigenvalue weighted by atomic mass is 10.2. The van der Waals surface area contributed by atoms with Gasteiger partial charge in [-0.25, -0.2) is 8.78 Å². The molecule has 21 heavy (non-hydrogen) atoms. The Balaban J connectivity index is 1.90. The summed E-state index contributed by atoms with van der Waals surface area (Å²) < 4.78 is 25.8. The second-order valence-corrected chi connectivity index (χ2v) is 4.76. The maximum absolute atomic E-state index is 13.0. The lowest BCUT2D eigenvalue weighted by Crippen LogP contribution is -2.04. The van der Waals surface area contributed by atoms with Crippen LogP contribution in [0.3, 0.4) is 0 Å². The third kappa shape index (κ3) is 4.56. The van der Waals surface area contributed by atoms with E-state index in [1.165, 1.54) is 6.07 Å². The van der Waals surface area contributed by atoms with Crippen LogP contribution in [-0.2, 0) is 6.42 Å². The summed E-state index contributed by atoms with van der Waals surface area (Å²) >= 11 is 0. The summed E-state index contributed by atoms with van der Waals surface area (Å²) in [6.07, 6.45) is 2.94. The average molecular weight is 289 g/mol. The molecule has 0 amide bonds. The Morgan fingerprint density at radius 3 is 2.76 bits per heavy atom. The fraction of sp³-hybridized carbons (Fsp3) is 0.188. The summed E-state index contributed by atoms with van der Waals surface area (Å²) in [5.74, 6) is -1.76. The molecule has 3 nitrogen and oxygen atoms in total. The highest BCUT2D eigenvalue weighted by Crippen LogP contribution is 2.13. The van der Waals surface area contributed by atoms with Gasteiger partial charge in [-0.15, -0.1) is 0 Å². The fourth-order valence-corrected chi connectivity index (χ4v) is 1.85. The molecule has 0 bridgehead atoms. The minimum Gasteiger partial charge on any atom is -0.401 e. The minimum absolute atomic E-state index is 0.450. The largest absolute Gasteiger partial charge is 0.401 e. The van der Waals surface area contributed by atoms with E-state index in [4.69, 9.17) is 5.73 Å². The highest BCUT2D eigenvalue weighted by Gasteiger charge is 2.01. The van der Waals surface area contributed by atoms with Gasteiger partial charge in [0.05, 0.1) is 0 Å². The quantitative estimate of drug-likeness (QED) is 0.885. The number of nitrogens with one attached hydrogen (secondary N) is 1. The van der Waals surface area contributed by atoms with Gasteiger partial charge >= 0.3 is 0 Å². The molecule has 0 aliphatic heterocycles. The van der Waals surface area contributed by atoms with Crippen LogP contribution in [0.2, 0.25) is 0 Å². The Morgan fingerprint density at radius 1 is 1.24 bits per heavy atom. The lowest BCUT2D eigenvalue weighted by molar-refractivity contribution is 0.509. The van der Waals surface area contributed by atoms with Crippen molar-refractivity contribution in [2.45, 2.75) is 19.8 Å². The number of benzene rings is 1. The first-order valence-corrected chi connectivity index (χ1v) is 6.63. The summed E-state index contributed by atoms with van der Waals surface area (Å²) in [6, 6.07) is 9.44. The maximum atomic E-state index is 13.0. The number of aromatic nitrogens is 1. The molecule has 1 aromatic carbocycles. The van der Waals surface area contributed by atoms with E-state index in [2.05, 4.69) is 10.3 Å². The van der Waals surface area contributed by atoms with E-state index in [-0.39, 0.29) is 0 Å². The molecule has 0 saturated heterocycles. The van der Waals surface area contributed by atoms with Crippen LogP contribution in [-0.4, -0.2) is 4.98 Å². The number of hydrogen-bond donors (Lipinski definition) is 2. The number of aryl methyl sites for hydroxylation is 2. The summed E-state index contributed by atoms with van der Waals surface area (Å²) in [6.45, 7) is 1.94. The molecule has 1 heterocycles. The Morgan fingerprint density at radius 2 is 2.05 bits per heavy atom. The second-order valence-electron chi connectivity index (χ2n) is 4.76. The molecule has 0 saturated carbocycles. The molecule has 0 aliphatic carbocycles. The standard InChI is InChI=1S/C16H17F2N3/c1-11-3-2-4-13(21-11)6-5-12(19)10-20-14-7-8-15(17)16(18)9-14/h2-4,7-10,20H,5-6,19H2,1H3/b12-10-. The summed E-state index contributed by atoms with van der Waals surface area (Å²) in [5.41, 5.74) is 8.88. The van der Waals surface area contributed by atoms with Crippen molar-refractivity contribution in [3.8, 4) is 0 Å². The summed E-state index contributed by atoms with van der Waals surface area (Å²) in [7, 11) is 0. The van der Waals surface area contributed by atoms with Gasteiger partial charge in [0, 0.05) is 35.0 Å². The van der Waals surface area contributed by atoms with Gasteiger partial charge in [0.25, 0.3) is 0 Å². The minimum atomic E-state index is -0.893. The summed E-state index contributed by atoms with van der Waals surface area (Å²) in [4.78, 5) is 4.39. The number of hydrogen-bond acceptors (Lipinski definition) is 3. The van der Waals surface area contributed by atoms with Crippen LogP contribution in [0.25, 0.3) is 0 Å². The van der Waals surface area contributed by atoms with E-state index >= 15 is 0 Å². The van der Waals surface area contributed by atoms with E-state index in [0.29, 0.717) is 17.8 Å². The Hall–Kier alpha value is -2.43. The van der Waals surface area contributed by atoms with Crippen LogP contribution in [0.5, 0.6) is 0 Å². The molecule has 0 unspecified atom stereocenters. The van der Waals surface area contributed by atoms with E-state index in [9.17, 15) is 8.78 Å². The van der Waals surface area contributed by atoms with Crippen LogP contribution >= 0.6 is 0 Å². The van der Waals surface area contributed by atoms with Crippen LogP contribution in [0.4, 0.5) is 14.5 Å². The van der Waals surface area contributed by atoms with Crippen molar-refractivity contribution < 1.29 is 8.78 Å². The Bertz CT molecular complexity index is 654. The van der Waals surface area contributed by atoms with Gasteiger partial charge in [0.15, 0.2) is 11.6 Å². The van der Waals surface area contributed by atoms with E-state index < -0.39 is 11.6 Å². The monoisotopic (exact) mass is 289 g/mol. The fourth-order valence-electron chi connectivity index (χ4n) is 1.85. The number of nitrogens with zero attached hydrogens (tertiary/aromatic N) is 1. The van der Waals surface area contributed by atoms with Gasteiger partial charge in [-0.1, -0.05) is 6.07 Å². The normalized spacial score (nSPS) is 11.5. The van der Waals surface area contributed by atoms with Crippen molar-refractivity contribution in [2.75, 3.05) is 5.32 Å². The van der Waals surface area contributed by atoms with Crippen molar-refractivity contribution in [3.05, 3.63) is 71.3 Å². The number of nitrogens with two attached hydrogens (primary N) is 1. The number of pyridine rings is 1.